The van der Waals surface area contributed by atoms with Crippen LogP contribution < -0.4 is 4.90 Å². The summed E-state index contributed by atoms with van der Waals surface area (Å²) in [5.41, 5.74) is 4.20. The van der Waals surface area contributed by atoms with E-state index in [0.717, 1.165) is 6.04 Å². The molecule has 0 amide bonds. The van der Waals surface area contributed by atoms with E-state index in [0.29, 0.717) is 6.04 Å². The minimum atomic E-state index is 0.706. The maximum atomic E-state index is 2.69. The van der Waals surface area contributed by atoms with Gasteiger partial charge in [-0.15, -0.1) is 0 Å². The lowest BCUT2D eigenvalue weighted by molar-refractivity contribution is 0.0115. The minimum Gasteiger partial charge on any atom is -0.369 e. The third-order valence-corrected chi connectivity index (χ3v) is 5.14. The molecule has 3 heteroatoms. The molecule has 0 bridgehead atoms. The molecule has 3 rings (SSSR count). The maximum absolute atomic E-state index is 2.69. The molecule has 2 saturated heterocycles. The summed E-state index contributed by atoms with van der Waals surface area (Å²) >= 11 is 0. The van der Waals surface area contributed by atoms with Crippen LogP contribution in [-0.4, -0.2) is 61.2 Å². The summed E-state index contributed by atoms with van der Waals surface area (Å²) in [6.07, 6.45) is 0. The normalized spacial score (nSPS) is 21.9. The summed E-state index contributed by atoms with van der Waals surface area (Å²) in [7, 11) is 0. The Hall–Kier alpha value is -1.06. The Kier molecular flexibility index (Phi) is 4.23. The molecular weight excluding hydrogens is 258 g/mol. The standard InChI is InChI=1S/C18H29N3/c1-14(2)21-12-17(13-21)19-7-9-20(10-8-19)18-6-5-15(3)11-16(18)4/h5-6,11,14,17H,7-10,12-13H2,1-4H3. The fraction of sp³-hybridized carbons (Fsp3) is 0.667. The van der Waals surface area contributed by atoms with Crippen molar-refractivity contribution in [3.63, 3.8) is 0 Å². The van der Waals surface area contributed by atoms with Crippen LogP contribution in [0.2, 0.25) is 0 Å². The van der Waals surface area contributed by atoms with Crippen LogP contribution in [-0.2, 0) is 0 Å². The highest BCUT2D eigenvalue weighted by Crippen LogP contribution is 2.24. The van der Waals surface area contributed by atoms with Gasteiger partial charge in [-0.3, -0.25) is 9.80 Å². The maximum Gasteiger partial charge on any atom is 0.0396 e. The van der Waals surface area contributed by atoms with Crippen LogP contribution in [0.1, 0.15) is 25.0 Å². The van der Waals surface area contributed by atoms with E-state index in [-0.39, 0.29) is 0 Å². The topological polar surface area (TPSA) is 9.72 Å². The molecule has 0 unspecified atom stereocenters. The minimum absolute atomic E-state index is 0.706. The van der Waals surface area contributed by atoms with Crippen molar-refractivity contribution in [2.45, 2.75) is 39.8 Å². The molecule has 116 valence electrons. The number of hydrogen-bond acceptors (Lipinski definition) is 3. The number of likely N-dealkylation sites (tertiary alicyclic amines) is 1. The molecule has 2 aliphatic rings. The number of benzene rings is 1. The van der Waals surface area contributed by atoms with E-state index in [1.807, 2.05) is 0 Å². The first kappa shape index (κ1) is 14.9. The Morgan fingerprint density at radius 1 is 1.00 bits per heavy atom. The van der Waals surface area contributed by atoms with Crippen molar-refractivity contribution in [2.75, 3.05) is 44.2 Å². The van der Waals surface area contributed by atoms with Crippen LogP contribution in [0.3, 0.4) is 0 Å². The van der Waals surface area contributed by atoms with Crippen molar-refractivity contribution in [2.24, 2.45) is 0 Å². The van der Waals surface area contributed by atoms with Crippen LogP contribution >= 0.6 is 0 Å². The lowest BCUT2D eigenvalue weighted by atomic mass is 10.0. The van der Waals surface area contributed by atoms with Gasteiger partial charge in [0.25, 0.3) is 0 Å². The third-order valence-electron chi connectivity index (χ3n) is 5.14. The van der Waals surface area contributed by atoms with E-state index >= 15 is 0 Å². The molecule has 0 spiro atoms. The molecule has 21 heavy (non-hydrogen) atoms. The van der Waals surface area contributed by atoms with Gasteiger partial charge in [-0.05, 0) is 39.3 Å². The van der Waals surface area contributed by atoms with Gasteiger partial charge in [-0.1, -0.05) is 17.7 Å². The average molecular weight is 287 g/mol. The van der Waals surface area contributed by atoms with E-state index in [2.05, 4.69) is 60.6 Å². The van der Waals surface area contributed by atoms with Crippen LogP contribution in [0.4, 0.5) is 5.69 Å². The number of aryl methyl sites for hydroxylation is 2. The van der Waals surface area contributed by atoms with Crippen molar-refractivity contribution >= 4 is 5.69 Å². The van der Waals surface area contributed by atoms with Gasteiger partial charge in [-0.2, -0.15) is 0 Å². The van der Waals surface area contributed by atoms with Gasteiger partial charge in [0.05, 0.1) is 0 Å². The quantitative estimate of drug-likeness (QED) is 0.846. The Morgan fingerprint density at radius 2 is 1.67 bits per heavy atom. The second kappa shape index (κ2) is 5.98. The second-order valence-electron chi connectivity index (χ2n) is 7.01. The van der Waals surface area contributed by atoms with Crippen molar-refractivity contribution in [3.8, 4) is 0 Å². The fourth-order valence-electron chi connectivity index (χ4n) is 3.63. The molecule has 1 aromatic rings. The molecule has 0 aliphatic carbocycles. The number of anilines is 1. The highest BCUT2D eigenvalue weighted by molar-refractivity contribution is 5.54. The van der Waals surface area contributed by atoms with Gasteiger partial charge in [0.2, 0.25) is 0 Å². The highest BCUT2D eigenvalue weighted by Gasteiger charge is 2.34. The Labute approximate surface area is 129 Å². The smallest absolute Gasteiger partial charge is 0.0396 e. The molecule has 0 atom stereocenters. The molecular formula is C18H29N3. The van der Waals surface area contributed by atoms with Crippen LogP contribution in [0, 0.1) is 13.8 Å². The number of piperazine rings is 1. The molecule has 2 aliphatic heterocycles. The molecule has 0 N–H and O–H groups in total. The number of hydrogen-bond donors (Lipinski definition) is 0. The summed E-state index contributed by atoms with van der Waals surface area (Å²) in [5, 5.41) is 0. The molecule has 0 aromatic heterocycles. The van der Waals surface area contributed by atoms with Gasteiger partial charge in [0.15, 0.2) is 0 Å². The first-order valence-electron chi connectivity index (χ1n) is 8.35. The third kappa shape index (κ3) is 3.09. The van der Waals surface area contributed by atoms with Gasteiger partial charge < -0.3 is 4.90 Å². The Bertz CT molecular complexity index is 483. The molecule has 1 aromatic carbocycles. The van der Waals surface area contributed by atoms with Crippen molar-refractivity contribution in [1.82, 2.24) is 9.80 Å². The van der Waals surface area contributed by atoms with Crippen LogP contribution in [0.5, 0.6) is 0 Å². The van der Waals surface area contributed by atoms with Gasteiger partial charge >= 0.3 is 0 Å². The van der Waals surface area contributed by atoms with Crippen molar-refractivity contribution in [1.29, 1.82) is 0 Å². The summed E-state index contributed by atoms with van der Waals surface area (Å²) in [4.78, 5) is 7.82. The monoisotopic (exact) mass is 287 g/mol. The van der Waals surface area contributed by atoms with E-state index in [9.17, 15) is 0 Å². The summed E-state index contributed by atoms with van der Waals surface area (Å²) in [6.45, 7) is 16.3. The van der Waals surface area contributed by atoms with Gasteiger partial charge in [0, 0.05) is 57.0 Å². The van der Waals surface area contributed by atoms with Gasteiger partial charge in [0.1, 0.15) is 0 Å². The molecule has 2 heterocycles. The highest BCUT2D eigenvalue weighted by atomic mass is 15.4. The molecule has 2 fully saturated rings. The predicted octanol–water partition coefficient (Wildman–Crippen LogP) is 2.52. The van der Waals surface area contributed by atoms with E-state index in [1.54, 1.807) is 0 Å². The zero-order valence-corrected chi connectivity index (χ0v) is 14.0. The molecule has 3 nitrogen and oxygen atoms in total. The fourth-order valence-corrected chi connectivity index (χ4v) is 3.63. The Balaban J connectivity index is 1.54. The van der Waals surface area contributed by atoms with E-state index < -0.39 is 0 Å². The lowest BCUT2D eigenvalue weighted by Gasteiger charge is -2.50. The second-order valence-corrected chi connectivity index (χ2v) is 7.01. The zero-order chi connectivity index (χ0) is 15.0. The Morgan fingerprint density at radius 3 is 2.24 bits per heavy atom. The van der Waals surface area contributed by atoms with E-state index in [1.165, 1.54) is 56.1 Å². The number of rotatable bonds is 3. The molecule has 0 radical (unpaired) electrons. The summed E-state index contributed by atoms with van der Waals surface area (Å²) < 4.78 is 0. The summed E-state index contributed by atoms with van der Waals surface area (Å²) in [6, 6.07) is 8.34. The van der Waals surface area contributed by atoms with Gasteiger partial charge in [-0.25, -0.2) is 0 Å². The lowest BCUT2D eigenvalue weighted by Crippen LogP contribution is -2.64. The first-order chi connectivity index (χ1) is 10.0. The molecule has 0 saturated carbocycles. The van der Waals surface area contributed by atoms with Crippen molar-refractivity contribution in [3.05, 3.63) is 29.3 Å². The largest absolute Gasteiger partial charge is 0.369 e. The van der Waals surface area contributed by atoms with Crippen molar-refractivity contribution < 1.29 is 0 Å². The SMILES string of the molecule is Cc1ccc(N2CCN(C3CN(C(C)C)C3)CC2)c(C)c1. The summed E-state index contributed by atoms with van der Waals surface area (Å²) in [5.74, 6) is 0. The van der Waals surface area contributed by atoms with E-state index in [4.69, 9.17) is 0 Å². The average Bonchev–Trinajstić information content (AvgIpc) is 2.38. The first-order valence-corrected chi connectivity index (χ1v) is 8.35. The predicted molar refractivity (Wildman–Crippen MR) is 90.2 cm³/mol. The number of nitrogens with zero attached hydrogens (tertiary/aromatic N) is 3. The van der Waals surface area contributed by atoms with Crippen LogP contribution in [0.15, 0.2) is 18.2 Å². The van der Waals surface area contributed by atoms with Crippen LogP contribution in [0.25, 0.3) is 0 Å². The zero-order valence-electron chi connectivity index (χ0n) is 14.0.